The lowest BCUT2D eigenvalue weighted by atomic mass is 10.2. The van der Waals surface area contributed by atoms with Crippen molar-refractivity contribution in [3.8, 4) is 28.5 Å². The van der Waals surface area contributed by atoms with Crippen LogP contribution in [0.25, 0.3) is 40.0 Å². The van der Waals surface area contributed by atoms with Crippen molar-refractivity contribution in [1.29, 1.82) is 0 Å². The minimum atomic E-state index is -0.464. The van der Waals surface area contributed by atoms with Crippen LogP contribution >= 0.6 is 35.4 Å². The van der Waals surface area contributed by atoms with Crippen molar-refractivity contribution in [2.24, 2.45) is 0 Å². The molecule has 3 N–H and O–H groups in total. The zero-order valence-electron chi connectivity index (χ0n) is 18.9. The van der Waals surface area contributed by atoms with Crippen LogP contribution in [0.15, 0.2) is 87.7 Å². The molecule has 0 aliphatic rings. The lowest BCUT2D eigenvalue weighted by Crippen LogP contribution is -2.32. The number of aromatic nitrogens is 1. The lowest BCUT2D eigenvalue weighted by molar-refractivity contribution is -0.115. The second-order valence-electron chi connectivity index (χ2n) is 7.86. The van der Waals surface area contributed by atoms with Gasteiger partial charge in [-0.05, 0) is 72.9 Å². The fourth-order valence-electron chi connectivity index (χ4n) is 3.55. The lowest BCUT2D eigenvalue weighted by Gasteiger charge is -2.09. The maximum absolute atomic E-state index is 12.3. The zero-order valence-corrected chi connectivity index (χ0v) is 21.2. The average molecular weight is 550 g/mol. The fraction of sp³-hybridized carbons (Fsp3) is 0. The number of halogens is 2. The first-order valence-electron chi connectivity index (χ1n) is 10.9. The molecule has 184 valence electrons. The number of nitrogens with zero attached hydrogens (tertiary/aromatic N) is 1. The summed E-state index contributed by atoms with van der Waals surface area (Å²) in [5.74, 6) is 0.794. The SMILES string of the molecule is O=C(/C=C/c1ccc(-c2cc(Cl)cc(Cl)c2)o1)NC(=S)Nc1ccc(-c2nc3ccccc3o2)c(O)c1. The van der Waals surface area contributed by atoms with Gasteiger partial charge in [0.1, 0.15) is 22.8 Å². The maximum atomic E-state index is 12.3. The number of thiocarbonyl (C=S) groups is 1. The molecule has 0 saturated heterocycles. The molecule has 7 nitrogen and oxygen atoms in total. The summed E-state index contributed by atoms with van der Waals surface area (Å²) < 4.78 is 11.4. The van der Waals surface area contributed by atoms with Crippen molar-refractivity contribution >= 4 is 69.3 Å². The normalized spacial score (nSPS) is 11.2. The monoisotopic (exact) mass is 549 g/mol. The van der Waals surface area contributed by atoms with Crippen LogP contribution in [0.3, 0.4) is 0 Å². The van der Waals surface area contributed by atoms with Gasteiger partial charge in [0, 0.05) is 33.4 Å². The largest absolute Gasteiger partial charge is 0.507 e. The number of carbonyl (C=O) groups is 1. The smallest absolute Gasteiger partial charge is 0.250 e. The second kappa shape index (κ2) is 10.5. The van der Waals surface area contributed by atoms with Crippen molar-refractivity contribution in [1.82, 2.24) is 10.3 Å². The molecule has 37 heavy (non-hydrogen) atoms. The Bertz CT molecular complexity index is 1620. The number of phenols is 1. The fourth-order valence-corrected chi connectivity index (χ4v) is 4.29. The molecule has 3 aromatic carbocycles. The minimum absolute atomic E-state index is 0.0531. The number of anilines is 1. The number of aromatic hydroxyl groups is 1. The van der Waals surface area contributed by atoms with Gasteiger partial charge in [-0.15, -0.1) is 0 Å². The molecular formula is C27H17Cl2N3O4S. The Morgan fingerprint density at radius 1 is 0.973 bits per heavy atom. The van der Waals surface area contributed by atoms with Crippen LogP contribution in [-0.4, -0.2) is 21.1 Å². The third-order valence-corrected chi connectivity index (χ3v) is 5.83. The van der Waals surface area contributed by atoms with Gasteiger partial charge in [-0.25, -0.2) is 4.98 Å². The van der Waals surface area contributed by atoms with Crippen LogP contribution in [0, 0.1) is 0 Å². The van der Waals surface area contributed by atoms with E-state index in [1.54, 1.807) is 48.5 Å². The molecule has 0 bridgehead atoms. The molecule has 1 amide bonds. The highest BCUT2D eigenvalue weighted by Gasteiger charge is 2.13. The Labute approximate surface area is 226 Å². The van der Waals surface area contributed by atoms with Crippen LogP contribution in [0.2, 0.25) is 10.0 Å². The summed E-state index contributed by atoms with van der Waals surface area (Å²) in [6.45, 7) is 0. The first-order chi connectivity index (χ1) is 17.8. The quantitative estimate of drug-likeness (QED) is 0.156. The predicted octanol–water partition coefficient (Wildman–Crippen LogP) is 7.29. The van der Waals surface area contributed by atoms with E-state index in [1.165, 1.54) is 18.2 Å². The number of furan rings is 1. The third kappa shape index (κ3) is 5.83. The minimum Gasteiger partial charge on any atom is -0.507 e. The number of carbonyl (C=O) groups excluding carboxylic acids is 1. The van der Waals surface area contributed by atoms with E-state index in [9.17, 15) is 9.90 Å². The predicted molar refractivity (Wildman–Crippen MR) is 149 cm³/mol. The van der Waals surface area contributed by atoms with Gasteiger partial charge in [-0.1, -0.05) is 35.3 Å². The highest BCUT2D eigenvalue weighted by atomic mass is 35.5. The number of hydrogen-bond donors (Lipinski definition) is 3. The summed E-state index contributed by atoms with van der Waals surface area (Å²) in [6, 6.07) is 20.7. The van der Waals surface area contributed by atoms with Crippen LogP contribution in [0.5, 0.6) is 5.75 Å². The van der Waals surface area contributed by atoms with E-state index in [2.05, 4.69) is 15.6 Å². The molecule has 0 unspecified atom stereocenters. The molecule has 5 rings (SSSR count). The van der Waals surface area contributed by atoms with Gasteiger partial charge in [-0.2, -0.15) is 0 Å². The van der Waals surface area contributed by atoms with E-state index < -0.39 is 5.91 Å². The molecule has 0 saturated carbocycles. The van der Waals surface area contributed by atoms with Crippen molar-refractivity contribution < 1.29 is 18.7 Å². The number of benzene rings is 3. The maximum Gasteiger partial charge on any atom is 0.250 e. The van der Waals surface area contributed by atoms with Gasteiger partial charge >= 0.3 is 0 Å². The highest BCUT2D eigenvalue weighted by molar-refractivity contribution is 7.80. The molecule has 0 aliphatic heterocycles. The van der Waals surface area contributed by atoms with Crippen LogP contribution in [0.4, 0.5) is 5.69 Å². The molecular weight excluding hydrogens is 533 g/mol. The highest BCUT2D eigenvalue weighted by Crippen LogP contribution is 2.33. The molecule has 5 aromatic rings. The molecule has 2 heterocycles. The van der Waals surface area contributed by atoms with Gasteiger partial charge in [0.05, 0.1) is 5.56 Å². The Hall–Kier alpha value is -4.11. The molecule has 10 heteroatoms. The van der Waals surface area contributed by atoms with E-state index in [0.717, 1.165) is 5.56 Å². The standard InChI is InChI=1S/C27H17Cl2N3O4S/c28-16-11-15(12-17(29)13-16)23-9-6-19(35-23)7-10-25(34)32-27(37)30-18-5-8-20(22(33)14-18)26-31-21-3-1-2-4-24(21)36-26/h1-14,33H,(H2,30,32,34,37)/b10-7+. The molecule has 0 radical (unpaired) electrons. The van der Waals surface area contributed by atoms with Crippen LogP contribution < -0.4 is 10.6 Å². The molecule has 0 aliphatic carbocycles. The van der Waals surface area contributed by atoms with E-state index in [0.29, 0.717) is 49.8 Å². The van der Waals surface area contributed by atoms with Crippen molar-refractivity contribution in [2.75, 3.05) is 5.32 Å². The van der Waals surface area contributed by atoms with E-state index in [4.69, 9.17) is 44.3 Å². The van der Waals surface area contributed by atoms with Crippen molar-refractivity contribution in [3.05, 3.63) is 94.7 Å². The van der Waals surface area contributed by atoms with Crippen molar-refractivity contribution in [2.45, 2.75) is 0 Å². The number of oxazole rings is 1. The summed E-state index contributed by atoms with van der Waals surface area (Å²) in [5, 5.41) is 16.9. The molecule has 0 spiro atoms. The van der Waals surface area contributed by atoms with Gasteiger partial charge < -0.3 is 19.3 Å². The van der Waals surface area contributed by atoms with E-state index in [-0.39, 0.29) is 10.9 Å². The summed E-state index contributed by atoms with van der Waals surface area (Å²) >= 11 is 17.3. The number of phenolic OH excluding ortho intramolecular Hbond substituents is 1. The Morgan fingerprint density at radius 3 is 2.51 bits per heavy atom. The molecule has 0 fully saturated rings. The Morgan fingerprint density at radius 2 is 1.76 bits per heavy atom. The summed E-state index contributed by atoms with van der Waals surface area (Å²) in [6.07, 6.45) is 2.80. The Kier molecular flexibility index (Phi) is 6.96. The number of nitrogens with one attached hydrogen (secondary N) is 2. The number of para-hydroxylation sites is 2. The van der Waals surface area contributed by atoms with Crippen LogP contribution in [0.1, 0.15) is 5.76 Å². The Balaban J connectivity index is 1.19. The van der Waals surface area contributed by atoms with E-state index >= 15 is 0 Å². The second-order valence-corrected chi connectivity index (χ2v) is 9.14. The van der Waals surface area contributed by atoms with Gasteiger partial charge in [0.2, 0.25) is 11.8 Å². The number of amides is 1. The number of rotatable bonds is 5. The molecule has 2 aromatic heterocycles. The first-order valence-corrected chi connectivity index (χ1v) is 12.1. The van der Waals surface area contributed by atoms with Gasteiger partial charge in [0.15, 0.2) is 10.7 Å². The van der Waals surface area contributed by atoms with Crippen molar-refractivity contribution in [3.63, 3.8) is 0 Å². The van der Waals surface area contributed by atoms with Gasteiger partial charge in [0.25, 0.3) is 0 Å². The van der Waals surface area contributed by atoms with Gasteiger partial charge in [-0.3, -0.25) is 10.1 Å². The summed E-state index contributed by atoms with van der Waals surface area (Å²) in [5.41, 5.74) is 2.93. The average Bonchev–Trinajstić information content (AvgIpc) is 3.49. The zero-order chi connectivity index (χ0) is 25.9. The summed E-state index contributed by atoms with van der Waals surface area (Å²) in [4.78, 5) is 16.7. The first kappa shape index (κ1) is 24.6. The van der Waals surface area contributed by atoms with E-state index in [1.807, 2.05) is 18.2 Å². The molecule has 0 atom stereocenters. The van der Waals surface area contributed by atoms with Crippen LogP contribution in [-0.2, 0) is 4.79 Å². The number of hydrogen-bond acceptors (Lipinski definition) is 6. The summed E-state index contributed by atoms with van der Waals surface area (Å²) in [7, 11) is 0. The number of fused-ring (bicyclic) bond motifs is 1. The third-order valence-electron chi connectivity index (χ3n) is 5.19. The topological polar surface area (TPSA) is 101 Å².